The van der Waals surface area contributed by atoms with E-state index in [9.17, 15) is 14.4 Å². The summed E-state index contributed by atoms with van der Waals surface area (Å²) in [5.74, 6) is 0.285. The van der Waals surface area contributed by atoms with Crippen LogP contribution in [0.5, 0.6) is 11.5 Å². The molecule has 0 bridgehead atoms. The molecule has 0 aliphatic carbocycles. The summed E-state index contributed by atoms with van der Waals surface area (Å²) >= 11 is 6.78. The zero-order chi connectivity index (χ0) is 26.4. The van der Waals surface area contributed by atoms with Gasteiger partial charge in [-0.25, -0.2) is 0 Å². The van der Waals surface area contributed by atoms with E-state index in [1.165, 1.54) is 7.11 Å². The number of nitrogens with zero attached hydrogens (tertiary/aromatic N) is 2. The Labute approximate surface area is 224 Å². The Hall–Kier alpha value is -3.27. The quantitative estimate of drug-likeness (QED) is 0.339. The van der Waals surface area contributed by atoms with Gasteiger partial charge in [0, 0.05) is 23.7 Å². The van der Waals surface area contributed by atoms with Crippen LogP contribution in [0, 0.1) is 0 Å². The molecule has 0 spiro atoms. The van der Waals surface area contributed by atoms with Gasteiger partial charge in [-0.3, -0.25) is 19.3 Å². The fourth-order valence-electron chi connectivity index (χ4n) is 3.96. The van der Waals surface area contributed by atoms with Crippen molar-refractivity contribution in [2.75, 3.05) is 40.0 Å². The predicted octanol–water partition coefficient (Wildman–Crippen LogP) is 4.55. The molecule has 0 atom stereocenters. The van der Waals surface area contributed by atoms with E-state index in [1.54, 1.807) is 35.3 Å². The number of halogens is 1. The number of hydrogen-bond donors (Lipinski definition) is 0. The Balaban J connectivity index is 1.53. The average Bonchev–Trinajstić information content (AvgIpc) is 3.16. The topological polar surface area (TPSA) is 85.4 Å². The van der Waals surface area contributed by atoms with E-state index in [2.05, 4.69) is 6.58 Å². The minimum absolute atomic E-state index is 0.237. The van der Waals surface area contributed by atoms with Gasteiger partial charge in [0.05, 0.1) is 25.2 Å². The largest absolute Gasteiger partial charge is 0.493 e. The van der Waals surface area contributed by atoms with Crippen molar-refractivity contribution in [1.82, 2.24) is 9.80 Å². The number of rotatable bonds is 9. The van der Waals surface area contributed by atoms with Gasteiger partial charge >= 0.3 is 0 Å². The summed E-state index contributed by atoms with van der Waals surface area (Å²) in [4.78, 5) is 41.0. The predicted molar refractivity (Wildman–Crippen MR) is 143 cm³/mol. The maximum atomic E-state index is 13.0. The van der Waals surface area contributed by atoms with Gasteiger partial charge in [0.2, 0.25) is 5.91 Å². The molecule has 10 heteroatoms. The zero-order valence-corrected chi connectivity index (χ0v) is 22.0. The van der Waals surface area contributed by atoms with Crippen molar-refractivity contribution in [3.63, 3.8) is 0 Å². The maximum Gasteiger partial charge on any atom is 0.294 e. The number of carbonyl (C=O) groups is 3. The van der Waals surface area contributed by atoms with Gasteiger partial charge in [0.25, 0.3) is 11.1 Å². The van der Waals surface area contributed by atoms with Crippen LogP contribution in [0.4, 0.5) is 4.79 Å². The van der Waals surface area contributed by atoms with Crippen molar-refractivity contribution in [3.8, 4) is 11.5 Å². The number of methoxy groups -OCH3 is 1. The number of morpholine rings is 1. The van der Waals surface area contributed by atoms with Gasteiger partial charge in [0.1, 0.15) is 13.2 Å². The summed E-state index contributed by atoms with van der Waals surface area (Å²) in [7, 11) is 1.54. The third kappa shape index (κ3) is 6.54. The first kappa shape index (κ1) is 26.8. The molecule has 0 saturated carbocycles. The molecule has 2 fully saturated rings. The normalized spacial score (nSPS) is 16.9. The van der Waals surface area contributed by atoms with Crippen LogP contribution in [0.2, 0.25) is 5.02 Å². The van der Waals surface area contributed by atoms with Gasteiger partial charge < -0.3 is 19.1 Å². The average molecular weight is 543 g/mol. The van der Waals surface area contributed by atoms with E-state index >= 15 is 0 Å². The van der Waals surface area contributed by atoms with Crippen molar-refractivity contribution in [1.29, 1.82) is 0 Å². The van der Waals surface area contributed by atoms with Crippen LogP contribution in [0.25, 0.3) is 6.08 Å². The molecule has 4 rings (SSSR count). The molecule has 0 N–H and O–H groups in total. The maximum absolute atomic E-state index is 13.0. The van der Waals surface area contributed by atoms with Gasteiger partial charge in [-0.1, -0.05) is 29.8 Å². The highest BCUT2D eigenvalue weighted by Gasteiger charge is 2.37. The van der Waals surface area contributed by atoms with E-state index in [1.807, 2.05) is 18.2 Å². The number of thioether (sulfide) groups is 1. The number of ether oxygens (including phenoxy) is 3. The molecule has 0 unspecified atom stereocenters. The molecular formula is C27H27ClN2O6S. The molecular weight excluding hydrogens is 516 g/mol. The van der Waals surface area contributed by atoms with Gasteiger partial charge in [-0.05, 0) is 59.7 Å². The lowest BCUT2D eigenvalue weighted by Crippen LogP contribution is -2.46. The van der Waals surface area contributed by atoms with Crippen molar-refractivity contribution in [3.05, 3.63) is 75.7 Å². The summed E-state index contributed by atoms with van der Waals surface area (Å²) in [5, 5.41) is 0.173. The van der Waals surface area contributed by atoms with Crippen molar-refractivity contribution in [2.24, 2.45) is 0 Å². The molecule has 194 valence electrons. The highest BCUT2D eigenvalue weighted by Crippen LogP contribution is 2.37. The molecule has 3 amide bonds. The smallest absolute Gasteiger partial charge is 0.294 e. The fraction of sp³-hybridized carbons (Fsp3) is 0.296. The molecule has 2 heterocycles. The molecule has 0 aromatic heterocycles. The number of amides is 3. The first-order chi connectivity index (χ1) is 17.9. The first-order valence-corrected chi connectivity index (χ1v) is 12.9. The minimum atomic E-state index is -0.496. The van der Waals surface area contributed by atoms with Crippen molar-refractivity contribution >= 4 is 46.5 Å². The van der Waals surface area contributed by atoms with Crippen LogP contribution in [0.1, 0.15) is 16.7 Å². The second-order valence-corrected chi connectivity index (χ2v) is 9.81. The standard InChI is InChI=1S/C27H27ClN2O6S/c1-3-4-20-13-19(14-22(34-2)25(20)36-17-18-5-7-21(28)8-6-18)15-23-26(32)30(27(33)37-23)16-24(31)29-9-11-35-12-10-29/h3,5-8,13-15H,1,4,9-12,16-17H2,2H3/b23-15+. The number of benzene rings is 2. The summed E-state index contributed by atoms with van der Waals surface area (Å²) in [6.45, 7) is 5.64. The lowest BCUT2D eigenvalue weighted by molar-refractivity contribution is -0.139. The molecule has 2 aromatic carbocycles. The molecule has 8 nitrogen and oxygen atoms in total. The SMILES string of the molecule is C=CCc1cc(/C=C2/SC(=O)N(CC(=O)N3CCOCC3)C2=O)cc(OC)c1OCc1ccc(Cl)cc1. The van der Waals surface area contributed by atoms with Crippen LogP contribution in [0.15, 0.2) is 54.0 Å². The minimum Gasteiger partial charge on any atom is -0.493 e. The zero-order valence-electron chi connectivity index (χ0n) is 20.4. The summed E-state index contributed by atoms with van der Waals surface area (Å²) in [6.07, 6.45) is 3.88. The fourth-order valence-corrected chi connectivity index (χ4v) is 4.93. The lowest BCUT2D eigenvalue weighted by Gasteiger charge is -2.28. The second kappa shape index (κ2) is 12.3. The van der Waals surface area contributed by atoms with Crippen molar-refractivity contribution in [2.45, 2.75) is 13.0 Å². The van der Waals surface area contributed by atoms with E-state index < -0.39 is 11.1 Å². The molecule has 2 saturated heterocycles. The number of carbonyl (C=O) groups excluding carboxylic acids is 3. The van der Waals surface area contributed by atoms with E-state index in [0.717, 1.165) is 27.8 Å². The Morgan fingerprint density at radius 2 is 1.92 bits per heavy atom. The highest BCUT2D eigenvalue weighted by atomic mass is 35.5. The lowest BCUT2D eigenvalue weighted by atomic mass is 10.0. The van der Waals surface area contributed by atoms with Crippen LogP contribution in [-0.2, 0) is 27.4 Å². The monoisotopic (exact) mass is 542 g/mol. The van der Waals surface area contributed by atoms with E-state index in [0.29, 0.717) is 61.4 Å². The van der Waals surface area contributed by atoms with E-state index in [4.69, 9.17) is 25.8 Å². The second-order valence-electron chi connectivity index (χ2n) is 8.38. The summed E-state index contributed by atoms with van der Waals surface area (Å²) < 4.78 is 16.9. The Morgan fingerprint density at radius 3 is 2.59 bits per heavy atom. The molecule has 37 heavy (non-hydrogen) atoms. The highest BCUT2D eigenvalue weighted by molar-refractivity contribution is 8.18. The number of imide groups is 1. The molecule has 2 aliphatic heterocycles. The van der Waals surface area contributed by atoms with Gasteiger partial charge in [0.15, 0.2) is 11.5 Å². The summed E-state index contributed by atoms with van der Waals surface area (Å²) in [6, 6.07) is 11.0. The van der Waals surface area contributed by atoms with Crippen LogP contribution < -0.4 is 9.47 Å². The molecule has 2 aromatic rings. The van der Waals surface area contributed by atoms with Crippen LogP contribution >= 0.6 is 23.4 Å². The Morgan fingerprint density at radius 1 is 1.19 bits per heavy atom. The van der Waals surface area contributed by atoms with Gasteiger partial charge in [-0.2, -0.15) is 0 Å². The number of allylic oxidation sites excluding steroid dienone is 1. The molecule has 2 aliphatic rings. The van der Waals surface area contributed by atoms with Gasteiger partial charge in [-0.15, -0.1) is 6.58 Å². The van der Waals surface area contributed by atoms with Crippen molar-refractivity contribution < 1.29 is 28.6 Å². The Bertz CT molecular complexity index is 1220. The molecule has 0 radical (unpaired) electrons. The van der Waals surface area contributed by atoms with E-state index in [-0.39, 0.29) is 17.4 Å². The third-order valence-corrected chi connectivity index (χ3v) is 7.02. The number of hydrogen-bond acceptors (Lipinski definition) is 7. The van der Waals surface area contributed by atoms with Crippen LogP contribution in [-0.4, -0.2) is 66.8 Å². The van der Waals surface area contributed by atoms with Crippen LogP contribution in [0.3, 0.4) is 0 Å². The Kier molecular flexibility index (Phi) is 8.91. The summed E-state index contributed by atoms with van der Waals surface area (Å²) in [5.41, 5.74) is 2.43. The first-order valence-electron chi connectivity index (χ1n) is 11.7. The third-order valence-electron chi connectivity index (χ3n) is 5.86.